The van der Waals surface area contributed by atoms with Crippen molar-refractivity contribution >= 4 is 23.1 Å². The maximum Gasteiger partial charge on any atom is 0.300 e. The fraction of sp³-hybridized carbons (Fsp3) is 0.120. The van der Waals surface area contributed by atoms with Gasteiger partial charge in [-0.25, -0.2) is 0 Å². The standard InChI is InChI=1S/C25H21NO5/c1-30-19-13-11-16(12-14-19)22-21(23(27)17-7-4-3-5-8-17)24(28)25(29)26(22)18-9-6-10-20(15-18)31-2/h3-15,22,27H,1-2H3. The molecule has 3 aromatic rings. The number of aliphatic hydroxyl groups is 1. The number of hydrogen-bond acceptors (Lipinski definition) is 5. The first-order chi connectivity index (χ1) is 15.0. The molecule has 6 nitrogen and oxygen atoms in total. The average molecular weight is 415 g/mol. The fourth-order valence-corrected chi connectivity index (χ4v) is 3.71. The third-order valence-corrected chi connectivity index (χ3v) is 5.25. The van der Waals surface area contributed by atoms with Gasteiger partial charge in [-0.15, -0.1) is 0 Å². The molecule has 1 aliphatic rings. The number of benzene rings is 3. The van der Waals surface area contributed by atoms with Gasteiger partial charge in [-0.1, -0.05) is 48.5 Å². The highest BCUT2D eigenvalue weighted by Crippen LogP contribution is 2.43. The lowest BCUT2D eigenvalue weighted by Gasteiger charge is -2.26. The number of carbonyl (C=O) groups is 2. The van der Waals surface area contributed by atoms with Gasteiger partial charge in [0.15, 0.2) is 0 Å². The van der Waals surface area contributed by atoms with Crippen LogP contribution in [0, 0.1) is 0 Å². The van der Waals surface area contributed by atoms with Gasteiger partial charge in [0.2, 0.25) is 0 Å². The van der Waals surface area contributed by atoms with E-state index in [4.69, 9.17) is 9.47 Å². The number of Topliss-reactive ketones (excluding diaryl/α,β-unsaturated/α-hetero) is 1. The Labute approximate surface area is 180 Å². The van der Waals surface area contributed by atoms with Gasteiger partial charge in [0, 0.05) is 17.3 Å². The van der Waals surface area contributed by atoms with Crippen molar-refractivity contribution in [1.29, 1.82) is 0 Å². The molecular weight excluding hydrogens is 394 g/mol. The van der Waals surface area contributed by atoms with Crippen LogP contribution in [0.15, 0.2) is 84.4 Å². The molecular formula is C25H21NO5. The van der Waals surface area contributed by atoms with E-state index >= 15 is 0 Å². The minimum absolute atomic E-state index is 0.0317. The van der Waals surface area contributed by atoms with Crippen LogP contribution in [0.3, 0.4) is 0 Å². The Balaban J connectivity index is 1.93. The maximum atomic E-state index is 13.1. The van der Waals surface area contributed by atoms with Gasteiger partial charge in [0.05, 0.1) is 25.8 Å². The third-order valence-electron chi connectivity index (χ3n) is 5.25. The number of anilines is 1. The second-order valence-corrected chi connectivity index (χ2v) is 7.01. The van der Waals surface area contributed by atoms with E-state index in [-0.39, 0.29) is 11.3 Å². The molecule has 1 fully saturated rings. The average Bonchev–Trinajstić information content (AvgIpc) is 3.09. The van der Waals surface area contributed by atoms with Gasteiger partial charge in [-0.2, -0.15) is 0 Å². The van der Waals surface area contributed by atoms with Gasteiger partial charge in [-0.3, -0.25) is 14.5 Å². The molecule has 4 rings (SSSR count). The van der Waals surface area contributed by atoms with Crippen LogP contribution in [-0.4, -0.2) is 31.0 Å². The zero-order valence-electron chi connectivity index (χ0n) is 17.1. The number of aliphatic hydroxyl groups excluding tert-OH is 1. The molecule has 0 aliphatic carbocycles. The molecule has 0 aromatic heterocycles. The van der Waals surface area contributed by atoms with Crippen molar-refractivity contribution in [1.82, 2.24) is 0 Å². The Morgan fingerprint density at radius 2 is 1.52 bits per heavy atom. The number of ketones is 1. The summed E-state index contributed by atoms with van der Waals surface area (Å²) < 4.78 is 10.5. The van der Waals surface area contributed by atoms with E-state index in [2.05, 4.69) is 0 Å². The molecule has 3 aromatic carbocycles. The van der Waals surface area contributed by atoms with Crippen LogP contribution in [0.25, 0.3) is 5.76 Å². The first-order valence-electron chi connectivity index (χ1n) is 9.69. The molecule has 31 heavy (non-hydrogen) atoms. The van der Waals surface area contributed by atoms with E-state index in [1.54, 1.807) is 79.9 Å². The van der Waals surface area contributed by atoms with E-state index < -0.39 is 17.7 Å². The molecule has 0 spiro atoms. The highest BCUT2D eigenvalue weighted by molar-refractivity contribution is 6.51. The van der Waals surface area contributed by atoms with Crippen molar-refractivity contribution in [3.05, 3.63) is 95.6 Å². The smallest absolute Gasteiger partial charge is 0.300 e. The minimum atomic E-state index is -0.807. The lowest BCUT2D eigenvalue weighted by atomic mass is 9.95. The summed E-state index contributed by atoms with van der Waals surface area (Å²) in [6, 6.07) is 21.9. The van der Waals surface area contributed by atoms with Crippen LogP contribution >= 0.6 is 0 Å². The topological polar surface area (TPSA) is 76.1 Å². The van der Waals surface area contributed by atoms with Crippen molar-refractivity contribution in [3.8, 4) is 11.5 Å². The van der Waals surface area contributed by atoms with Crippen molar-refractivity contribution in [3.63, 3.8) is 0 Å². The monoisotopic (exact) mass is 415 g/mol. The second-order valence-electron chi connectivity index (χ2n) is 7.01. The SMILES string of the molecule is COc1ccc(C2C(=C(O)c3ccccc3)C(=O)C(=O)N2c2cccc(OC)c2)cc1. The summed E-state index contributed by atoms with van der Waals surface area (Å²) >= 11 is 0. The van der Waals surface area contributed by atoms with E-state index in [0.717, 1.165) is 0 Å². The van der Waals surface area contributed by atoms with E-state index in [9.17, 15) is 14.7 Å². The highest BCUT2D eigenvalue weighted by Gasteiger charge is 2.47. The number of carbonyl (C=O) groups excluding carboxylic acids is 2. The van der Waals surface area contributed by atoms with Crippen LogP contribution in [0.1, 0.15) is 17.2 Å². The van der Waals surface area contributed by atoms with Crippen molar-refractivity contribution in [2.75, 3.05) is 19.1 Å². The number of methoxy groups -OCH3 is 2. The molecule has 1 amide bonds. The summed E-state index contributed by atoms with van der Waals surface area (Å²) in [5.41, 5.74) is 1.66. The molecule has 1 N–H and O–H groups in total. The van der Waals surface area contributed by atoms with Gasteiger partial charge in [-0.05, 0) is 29.8 Å². The minimum Gasteiger partial charge on any atom is -0.507 e. The summed E-state index contributed by atoms with van der Waals surface area (Å²) in [5, 5.41) is 11.0. The summed E-state index contributed by atoms with van der Waals surface area (Å²) in [4.78, 5) is 27.6. The van der Waals surface area contributed by atoms with E-state index in [0.29, 0.717) is 28.3 Å². The molecule has 1 atom stereocenters. The molecule has 1 aliphatic heterocycles. The maximum absolute atomic E-state index is 13.1. The van der Waals surface area contributed by atoms with Gasteiger partial charge in [0.25, 0.3) is 11.7 Å². The van der Waals surface area contributed by atoms with Crippen molar-refractivity contribution < 1.29 is 24.2 Å². The van der Waals surface area contributed by atoms with Gasteiger partial charge >= 0.3 is 0 Å². The van der Waals surface area contributed by atoms with Crippen molar-refractivity contribution in [2.24, 2.45) is 0 Å². The summed E-state index contributed by atoms with van der Waals surface area (Å²) in [6.45, 7) is 0. The van der Waals surface area contributed by atoms with Crippen LogP contribution in [-0.2, 0) is 9.59 Å². The van der Waals surface area contributed by atoms with E-state index in [1.165, 1.54) is 12.0 Å². The summed E-state index contributed by atoms with van der Waals surface area (Å²) in [5.74, 6) is -0.484. The number of hydrogen-bond donors (Lipinski definition) is 1. The summed E-state index contributed by atoms with van der Waals surface area (Å²) in [6.07, 6.45) is 0. The zero-order chi connectivity index (χ0) is 22.0. The largest absolute Gasteiger partial charge is 0.507 e. The number of amides is 1. The summed E-state index contributed by atoms with van der Waals surface area (Å²) in [7, 11) is 3.09. The Morgan fingerprint density at radius 3 is 2.16 bits per heavy atom. The number of nitrogens with zero attached hydrogens (tertiary/aromatic N) is 1. The predicted octanol–water partition coefficient (Wildman–Crippen LogP) is 4.33. The Bertz CT molecular complexity index is 1150. The first kappa shape index (κ1) is 20.2. The molecule has 1 saturated heterocycles. The quantitative estimate of drug-likeness (QED) is 0.381. The number of rotatable bonds is 5. The normalized spacial score (nSPS) is 17.6. The number of ether oxygens (including phenoxy) is 2. The van der Waals surface area contributed by atoms with Gasteiger partial charge in [0.1, 0.15) is 17.3 Å². The molecule has 0 bridgehead atoms. The van der Waals surface area contributed by atoms with Gasteiger partial charge < -0.3 is 14.6 Å². The Hall–Kier alpha value is -4.06. The van der Waals surface area contributed by atoms with Crippen LogP contribution < -0.4 is 14.4 Å². The molecule has 1 unspecified atom stereocenters. The van der Waals surface area contributed by atoms with Crippen LogP contribution in [0.4, 0.5) is 5.69 Å². The Morgan fingerprint density at radius 1 is 0.839 bits per heavy atom. The second kappa shape index (κ2) is 8.36. The molecule has 156 valence electrons. The molecule has 0 radical (unpaired) electrons. The van der Waals surface area contributed by atoms with Crippen molar-refractivity contribution in [2.45, 2.75) is 6.04 Å². The molecule has 1 heterocycles. The fourth-order valence-electron chi connectivity index (χ4n) is 3.71. The Kier molecular flexibility index (Phi) is 5.45. The lowest BCUT2D eigenvalue weighted by molar-refractivity contribution is -0.132. The van der Waals surface area contributed by atoms with E-state index in [1.807, 2.05) is 6.07 Å². The first-order valence-corrected chi connectivity index (χ1v) is 9.69. The molecule has 6 heteroatoms. The third kappa shape index (κ3) is 3.64. The van der Waals surface area contributed by atoms with Crippen LogP contribution in [0.5, 0.6) is 11.5 Å². The van der Waals surface area contributed by atoms with Crippen LogP contribution in [0.2, 0.25) is 0 Å². The lowest BCUT2D eigenvalue weighted by Crippen LogP contribution is -2.29. The molecule has 0 saturated carbocycles. The predicted molar refractivity (Wildman–Crippen MR) is 117 cm³/mol. The zero-order valence-corrected chi connectivity index (χ0v) is 17.1. The highest BCUT2D eigenvalue weighted by atomic mass is 16.5.